The molecule has 0 aliphatic carbocycles. The second-order valence-electron chi connectivity index (χ2n) is 5.25. The van der Waals surface area contributed by atoms with Gasteiger partial charge in [-0.3, -0.25) is 0 Å². The summed E-state index contributed by atoms with van der Waals surface area (Å²) in [6.07, 6.45) is 0. The van der Waals surface area contributed by atoms with Gasteiger partial charge in [-0.05, 0) is 31.8 Å². The fourth-order valence-corrected chi connectivity index (χ4v) is 2.89. The van der Waals surface area contributed by atoms with E-state index in [1.165, 1.54) is 5.57 Å². The molecular formula is C11H24BrNOSi. The van der Waals surface area contributed by atoms with Crippen molar-refractivity contribution >= 4 is 26.4 Å². The first-order valence-corrected chi connectivity index (χ1v) is 6.86. The van der Waals surface area contributed by atoms with Crippen LogP contribution in [-0.2, 0) is 4.43 Å². The maximum atomic E-state index is 5.88. The Morgan fingerprint density at radius 2 is 1.73 bits per heavy atom. The third-order valence-electron chi connectivity index (χ3n) is 3.31. The third-order valence-corrected chi connectivity index (χ3v) is 5.45. The average molecular weight is 294 g/mol. The van der Waals surface area contributed by atoms with Crippen LogP contribution in [0.1, 0.15) is 41.5 Å². The van der Waals surface area contributed by atoms with Crippen LogP contribution in [0.5, 0.6) is 0 Å². The summed E-state index contributed by atoms with van der Waals surface area (Å²) in [5.74, 6) is 0. The van der Waals surface area contributed by atoms with Crippen LogP contribution < -0.4 is 5.73 Å². The van der Waals surface area contributed by atoms with Crippen molar-refractivity contribution in [1.82, 2.24) is 0 Å². The molecule has 0 saturated heterocycles. The van der Waals surface area contributed by atoms with Crippen LogP contribution >= 0.6 is 15.9 Å². The van der Waals surface area contributed by atoms with Crippen LogP contribution in [0.15, 0.2) is 10.1 Å². The molecule has 2 unspecified atom stereocenters. The van der Waals surface area contributed by atoms with E-state index in [9.17, 15) is 0 Å². The lowest BCUT2D eigenvalue weighted by molar-refractivity contribution is 0.0245. The van der Waals surface area contributed by atoms with Crippen LogP contribution in [-0.4, -0.2) is 22.1 Å². The molecule has 0 fully saturated rings. The summed E-state index contributed by atoms with van der Waals surface area (Å²) in [6.45, 7) is 12.8. The first-order valence-electron chi connectivity index (χ1n) is 5.25. The zero-order valence-electron chi connectivity index (χ0n) is 10.9. The SMILES string of the molecule is C/C(=C(/Br)C(C)N)C(C)(O[SiH3])C(C)(C)C. The number of nitrogens with two attached hydrogens (primary N) is 1. The molecule has 0 rings (SSSR count). The number of hydrogen-bond acceptors (Lipinski definition) is 2. The zero-order chi connectivity index (χ0) is 12.4. The second-order valence-corrected chi connectivity index (χ2v) is 6.51. The molecule has 0 aliphatic rings. The summed E-state index contributed by atoms with van der Waals surface area (Å²) in [7, 11) is 0.721. The molecular weight excluding hydrogens is 270 g/mol. The minimum Gasteiger partial charge on any atom is -0.419 e. The van der Waals surface area contributed by atoms with Crippen molar-refractivity contribution in [2.75, 3.05) is 0 Å². The molecule has 0 aromatic heterocycles. The molecule has 0 saturated carbocycles. The molecule has 2 N–H and O–H groups in total. The smallest absolute Gasteiger partial charge is 0.147 e. The summed E-state index contributed by atoms with van der Waals surface area (Å²) < 4.78 is 6.88. The first-order chi connectivity index (χ1) is 6.58. The maximum absolute atomic E-state index is 5.88. The van der Waals surface area contributed by atoms with E-state index in [0.29, 0.717) is 0 Å². The van der Waals surface area contributed by atoms with Gasteiger partial charge in [0.1, 0.15) is 10.5 Å². The van der Waals surface area contributed by atoms with Crippen molar-refractivity contribution in [3.63, 3.8) is 0 Å². The van der Waals surface area contributed by atoms with Gasteiger partial charge in [-0.2, -0.15) is 0 Å². The Kier molecular flexibility index (Phi) is 5.25. The largest absolute Gasteiger partial charge is 0.419 e. The standard InChI is InChI=1S/C11H24BrNOSi/c1-7(9(12)8(2)13)11(6,14-15)10(3,4)5/h8H,13H2,1-6,15H3/b9-7-. The highest BCUT2D eigenvalue weighted by atomic mass is 79.9. The van der Waals surface area contributed by atoms with E-state index in [1.54, 1.807) is 0 Å². The predicted molar refractivity (Wildman–Crippen MR) is 74.2 cm³/mol. The van der Waals surface area contributed by atoms with E-state index in [-0.39, 0.29) is 17.1 Å². The van der Waals surface area contributed by atoms with Crippen LogP contribution in [0.2, 0.25) is 0 Å². The van der Waals surface area contributed by atoms with Crippen LogP contribution in [0.25, 0.3) is 0 Å². The van der Waals surface area contributed by atoms with Gasteiger partial charge in [0.15, 0.2) is 0 Å². The Morgan fingerprint density at radius 3 is 1.93 bits per heavy atom. The summed E-state index contributed by atoms with van der Waals surface area (Å²) >= 11 is 3.57. The molecule has 90 valence electrons. The van der Waals surface area contributed by atoms with E-state index in [1.807, 2.05) is 6.92 Å². The molecule has 0 radical (unpaired) electrons. The number of hydrogen-bond donors (Lipinski definition) is 1. The lowest BCUT2D eigenvalue weighted by Crippen LogP contribution is -2.44. The number of halogens is 1. The first kappa shape index (κ1) is 15.4. The Morgan fingerprint density at radius 1 is 1.33 bits per heavy atom. The average Bonchev–Trinajstić information content (AvgIpc) is 2.12. The van der Waals surface area contributed by atoms with E-state index in [0.717, 1.165) is 15.0 Å². The van der Waals surface area contributed by atoms with Gasteiger partial charge in [0.25, 0.3) is 0 Å². The Labute approximate surface area is 105 Å². The van der Waals surface area contributed by atoms with Gasteiger partial charge in [-0.25, -0.2) is 0 Å². The minimum absolute atomic E-state index is 0.0171. The topological polar surface area (TPSA) is 35.2 Å². The highest BCUT2D eigenvalue weighted by Crippen LogP contribution is 2.41. The van der Waals surface area contributed by atoms with Crippen LogP contribution in [0.4, 0.5) is 0 Å². The quantitative estimate of drug-likeness (QED) is 0.809. The lowest BCUT2D eigenvalue weighted by atomic mass is 9.73. The van der Waals surface area contributed by atoms with Crippen molar-refractivity contribution in [2.24, 2.45) is 11.1 Å². The van der Waals surface area contributed by atoms with E-state index >= 15 is 0 Å². The zero-order valence-corrected chi connectivity index (χ0v) is 14.5. The molecule has 0 bridgehead atoms. The van der Waals surface area contributed by atoms with Crippen molar-refractivity contribution in [1.29, 1.82) is 0 Å². The van der Waals surface area contributed by atoms with Gasteiger partial charge in [0.2, 0.25) is 0 Å². The second kappa shape index (κ2) is 5.12. The Bertz CT molecular complexity index is 258. The van der Waals surface area contributed by atoms with Gasteiger partial charge in [0, 0.05) is 10.5 Å². The predicted octanol–water partition coefficient (Wildman–Crippen LogP) is 2.10. The molecule has 0 aromatic carbocycles. The van der Waals surface area contributed by atoms with Crippen molar-refractivity contribution in [3.05, 3.63) is 10.1 Å². The fraction of sp³-hybridized carbons (Fsp3) is 0.818. The molecule has 0 aliphatic heterocycles. The molecule has 0 heterocycles. The molecule has 4 heteroatoms. The van der Waals surface area contributed by atoms with Gasteiger partial charge in [-0.15, -0.1) is 0 Å². The summed E-state index contributed by atoms with van der Waals surface area (Å²) in [4.78, 5) is 0. The van der Waals surface area contributed by atoms with Gasteiger partial charge >= 0.3 is 0 Å². The van der Waals surface area contributed by atoms with Gasteiger partial charge in [-0.1, -0.05) is 36.7 Å². The van der Waals surface area contributed by atoms with Crippen LogP contribution in [0.3, 0.4) is 0 Å². The summed E-state index contributed by atoms with van der Waals surface area (Å²) in [6, 6.07) is 0.0171. The number of rotatable bonds is 3. The maximum Gasteiger partial charge on any atom is 0.147 e. The molecule has 0 spiro atoms. The lowest BCUT2D eigenvalue weighted by Gasteiger charge is -2.43. The van der Waals surface area contributed by atoms with E-state index in [4.69, 9.17) is 10.2 Å². The monoisotopic (exact) mass is 293 g/mol. The molecule has 2 nitrogen and oxygen atoms in total. The van der Waals surface area contributed by atoms with E-state index in [2.05, 4.69) is 50.5 Å². The summed E-state index contributed by atoms with van der Waals surface area (Å²) in [5.41, 5.74) is 6.89. The molecule has 0 aromatic rings. The Balaban J connectivity index is 5.42. The summed E-state index contributed by atoms with van der Waals surface area (Å²) in [5, 5.41) is 0. The minimum atomic E-state index is -0.244. The van der Waals surface area contributed by atoms with Crippen molar-refractivity contribution in [2.45, 2.75) is 53.2 Å². The highest BCUT2D eigenvalue weighted by Gasteiger charge is 2.39. The Hall–Kier alpha value is 0.357. The van der Waals surface area contributed by atoms with Gasteiger partial charge in [0.05, 0.1) is 5.60 Å². The van der Waals surface area contributed by atoms with Gasteiger partial charge < -0.3 is 10.2 Å². The van der Waals surface area contributed by atoms with E-state index < -0.39 is 0 Å². The van der Waals surface area contributed by atoms with Crippen molar-refractivity contribution < 1.29 is 4.43 Å². The molecule has 0 amide bonds. The fourth-order valence-electron chi connectivity index (χ4n) is 1.59. The molecule has 2 atom stereocenters. The normalized spacial score (nSPS) is 20.8. The molecule has 15 heavy (non-hydrogen) atoms. The van der Waals surface area contributed by atoms with Crippen molar-refractivity contribution in [3.8, 4) is 0 Å². The third kappa shape index (κ3) is 3.16. The highest BCUT2D eigenvalue weighted by molar-refractivity contribution is 9.11. The van der Waals surface area contributed by atoms with Crippen LogP contribution in [0, 0.1) is 5.41 Å².